The second-order valence-corrected chi connectivity index (χ2v) is 4.48. The first-order valence-corrected chi connectivity index (χ1v) is 6.65. The lowest BCUT2D eigenvalue weighted by molar-refractivity contribution is 0.0143. The highest BCUT2D eigenvalue weighted by Gasteiger charge is 1.94. The third-order valence-electron chi connectivity index (χ3n) is 2.31. The molecule has 0 spiro atoms. The normalized spacial score (nSPS) is 11.3. The Kier molecular flexibility index (Phi) is 13.8. The fourth-order valence-electron chi connectivity index (χ4n) is 1.31. The number of nitrogens with one attached hydrogen (secondary N) is 1. The summed E-state index contributed by atoms with van der Waals surface area (Å²) in [5, 5.41) is 3.02. The summed E-state index contributed by atoms with van der Waals surface area (Å²) in [6, 6.07) is 0. The molecule has 0 aliphatic rings. The highest BCUT2D eigenvalue weighted by Crippen LogP contribution is 2.02. The first-order chi connectivity index (χ1) is 8.27. The maximum atomic E-state index is 5.45. The van der Waals surface area contributed by atoms with Crippen molar-refractivity contribution in [3.63, 3.8) is 0 Å². The fourth-order valence-corrected chi connectivity index (χ4v) is 1.31. The van der Waals surface area contributed by atoms with Gasteiger partial charge in [0, 0.05) is 13.2 Å². The summed E-state index contributed by atoms with van der Waals surface area (Å²) in [5.41, 5.74) is 0. The van der Waals surface area contributed by atoms with Gasteiger partial charge in [-0.2, -0.15) is 0 Å². The van der Waals surface area contributed by atoms with E-state index in [1.54, 1.807) is 0 Å². The maximum absolute atomic E-state index is 5.45. The van der Waals surface area contributed by atoms with Crippen LogP contribution in [0.4, 0.5) is 0 Å². The van der Waals surface area contributed by atoms with E-state index in [0.29, 0.717) is 26.4 Å². The van der Waals surface area contributed by atoms with Crippen LogP contribution in [0.5, 0.6) is 0 Å². The van der Waals surface area contributed by atoms with Gasteiger partial charge in [-0.1, -0.05) is 13.8 Å². The van der Waals surface area contributed by atoms with E-state index in [1.165, 1.54) is 6.42 Å². The van der Waals surface area contributed by atoms with Gasteiger partial charge in [-0.25, -0.2) is 0 Å². The molecule has 0 atom stereocenters. The van der Waals surface area contributed by atoms with Gasteiger partial charge in [0.2, 0.25) is 0 Å². The Labute approximate surface area is 106 Å². The fraction of sp³-hybridized carbons (Fsp3) is 1.00. The van der Waals surface area contributed by atoms with E-state index in [-0.39, 0.29) is 0 Å². The molecule has 0 unspecified atom stereocenters. The van der Waals surface area contributed by atoms with Crippen LogP contribution in [0.25, 0.3) is 0 Å². The third-order valence-corrected chi connectivity index (χ3v) is 2.31. The highest BCUT2D eigenvalue weighted by molar-refractivity contribution is 4.44. The van der Waals surface area contributed by atoms with Gasteiger partial charge < -0.3 is 19.5 Å². The molecule has 0 aliphatic carbocycles. The van der Waals surface area contributed by atoms with Crippen LogP contribution in [0, 0.1) is 5.92 Å². The van der Waals surface area contributed by atoms with Gasteiger partial charge >= 0.3 is 0 Å². The van der Waals surface area contributed by atoms with Crippen LogP contribution >= 0.6 is 0 Å². The van der Waals surface area contributed by atoms with Crippen molar-refractivity contribution in [2.45, 2.75) is 26.7 Å². The molecule has 104 valence electrons. The average Bonchev–Trinajstić information content (AvgIpc) is 2.30. The lowest BCUT2D eigenvalue weighted by Crippen LogP contribution is -2.16. The molecule has 0 aromatic rings. The molecule has 0 aromatic carbocycles. The summed E-state index contributed by atoms with van der Waals surface area (Å²) in [6.45, 7) is 9.61. The Morgan fingerprint density at radius 3 is 1.88 bits per heavy atom. The number of hydrogen-bond acceptors (Lipinski definition) is 4. The topological polar surface area (TPSA) is 39.7 Å². The van der Waals surface area contributed by atoms with E-state index in [0.717, 1.165) is 32.1 Å². The van der Waals surface area contributed by atoms with E-state index in [4.69, 9.17) is 14.2 Å². The van der Waals surface area contributed by atoms with Crippen LogP contribution in [-0.4, -0.2) is 53.2 Å². The van der Waals surface area contributed by atoms with Crippen molar-refractivity contribution in [2.75, 3.05) is 53.2 Å². The molecule has 0 heterocycles. The minimum Gasteiger partial charge on any atom is -0.379 e. The summed E-state index contributed by atoms with van der Waals surface area (Å²) >= 11 is 0. The van der Waals surface area contributed by atoms with Crippen LogP contribution < -0.4 is 5.32 Å². The minimum atomic E-state index is 0.652. The number of hydrogen-bond donors (Lipinski definition) is 1. The van der Waals surface area contributed by atoms with Gasteiger partial charge in [0.05, 0.1) is 33.0 Å². The molecule has 0 rings (SSSR count). The molecule has 1 N–H and O–H groups in total. The zero-order valence-electron chi connectivity index (χ0n) is 11.7. The van der Waals surface area contributed by atoms with Crippen molar-refractivity contribution in [3.8, 4) is 0 Å². The third kappa shape index (κ3) is 15.8. The number of ether oxygens (including phenoxy) is 3. The van der Waals surface area contributed by atoms with Gasteiger partial charge in [-0.05, 0) is 25.8 Å². The molecule has 4 heteroatoms. The van der Waals surface area contributed by atoms with Crippen molar-refractivity contribution in [2.24, 2.45) is 5.92 Å². The second-order valence-electron chi connectivity index (χ2n) is 4.48. The van der Waals surface area contributed by atoms with Gasteiger partial charge in [0.15, 0.2) is 0 Å². The van der Waals surface area contributed by atoms with E-state index < -0.39 is 0 Å². The monoisotopic (exact) mass is 247 g/mol. The molecular weight excluding hydrogens is 218 g/mol. The SMILES string of the molecule is CNCCOCCOCCOCCCC(C)C. The van der Waals surface area contributed by atoms with Crippen LogP contribution in [0.2, 0.25) is 0 Å². The van der Waals surface area contributed by atoms with Crippen molar-refractivity contribution in [1.29, 1.82) is 0 Å². The molecule has 4 nitrogen and oxygen atoms in total. The van der Waals surface area contributed by atoms with Gasteiger partial charge in [-0.3, -0.25) is 0 Å². The van der Waals surface area contributed by atoms with Crippen LogP contribution in [0.1, 0.15) is 26.7 Å². The predicted octanol–water partition coefficient (Wildman–Crippen LogP) is 1.69. The molecule has 0 aliphatic heterocycles. The highest BCUT2D eigenvalue weighted by atomic mass is 16.5. The van der Waals surface area contributed by atoms with Crippen molar-refractivity contribution in [1.82, 2.24) is 5.32 Å². The lowest BCUT2D eigenvalue weighted by atomic mass is 10.1. The minimum absolute atomic E-state index is 0.652. The molecule has 0 bridgehead atoms. The Morgan fingerprint density at radius 1 is 0.824 bits per heavy atom. The Hall–Kier alpha value is -0.160. The molecule has 0 saturated carbocycles. The standard InChI is InChI=1S/C13H29NO3/c1-13(2)5-4-7-15-9-11-17-12-10-16-8-6-14-3/h13-14H,4-12H2,1-3H3. The zero-order valence-corrected chi connectivity index (χ0v) is 11.7. The Balaban J connectivity index is 2.89. The van der Waals surface area contributed by atoms with Gasteiger partial charge in [0.1, 0.15) is 0 Å². The maximum Gasteiger partial charge on any atom is 0.0701 e. The van der Waals surface area contributed by atoms with E-state index >= 15 is 0 Å². The molecule has 17 heavy (non-hydrogen) atoms. The van der Waals surface area contributed by atoms with Gasteiger partial charge in [-0.15, -0.1) is 0 Å². The van der Waals surface area contributed by atoms with Crippen molar-refractivity contribution < 1.29 is 14.2 Å². The zero-order chi connectivity index (χ0) is 12.8. The molecule has 0 radical (unpaired) electrons. The second kappa shape index (κ2) is 13.9. The first kappa shape index (κ1) is 16.8. The molecule has 0 amide bonds. The number of likely N-dealkylation sites (N-methyl/N-ethyl adjacent to an activating group) is 1. The van der Waals surface area contributed by atoms with Crippen LogP contribution in [-0.2, 0) is 14.2 Å². The average molecular weight is 247 g/mol. The summed E-state index contributed by atoms with van der Waals surface area (Å²) in [6.07, 6.45) is 2.38. The predicted molar refractivity (Wildman–Crippen MR) is 70.5 cm³/mol. The molecular formula is C13H29NO3. The van der Waals surface area contributed by atoms with Crippen molar-refractivity contribution >= 4 is 0 Å². The summed E-state index contributed by atoms with van der Waals surface area (Å²) < 4.78 is 16.1. The van der Waals surface area contributed by atoms with Crippen molar-refractivity contribution in [3.05, 3.63) is 0 Å². The Bertz CT molecular complexity index is 143. The van der Waals surface area contributed by atoms with Crippen LogP contribution in [0.15, 0.2) is 0 Å². The smallest absolute Gasteiger partial charge is 0.0701 e. The lowest BCUT2D eigenvalue weighted by Gasteiger charge is -2.07. The largest absolute Gasteiger partial charge is 0.379 e. The Morgan fingerprint density at radius 2 is 1.35 bits per heavy atom. The number of rotatable bonds is 13. The molecule has 0 aromatic heterocycles. The molecule has 0 fully saturated rings. The quantitative estimate of drug-likeness (QED) is 0.503. The van der Waals surface area contributed by atoms with Gasteiger partial charge in [0.25, 0.3) is 0 Å². The van der Waals surface area contributed by atoms with E-state index in [1.807, 2.05) is 7.05 Å². The summed E-state index contributed by atoms with van der Waals surface area (Å²) in [7, 11) is 1.91. The summed E-state index contributed by atoms with van der Waals surface area (Å²) in [4.78, 5) is 0. The first-order valence-electron chi connectivity index (χ1n) is 6.65. The van der Waals surface area contributed by atoms with E-state index in [9.17, 15) is 0 Å². The summed E-state index contributed by atoms with van der Waals surface area (Å²) in [5.74, 6) is 0.768. The van der Waals surface area contributed by atoms with Crippen LogP contribution in [0.3, 0.4) is 0 Å². The van der Waals surface area contributed by atoms with E-state index in [2.05, 4.69) is 19.2 Å². The molecule has 0 saturated heterocycles.